The van der Waals surface area contributed by atoms with E-state index in [0.29, 0.717) is 29.3 Å². The topological polar surface area (TPSA) is 72.8 Å². The molecule has 1 heterocycles. The Balaban J connectivity index is 1.76. The molecule has 2 aliphatic rings. The lowest BCUT2D eigenvalue weighted by Gasteiger charge is -2.23. The highest BCUT2D eigenvalue weighted by Gasteiger charge is 2.51. The van der Waals surface area contributed by atoms with E-state index in [-0.39, 0.29) is 29.8 Å². The van der Waals surface area contributed by atoms with E-state index in [4.69, 9.17) is 9.47 Å². The van der Waals surface area contributed by atoms with E-state index < -0.39 is 18.2 Å². The number of hydrogen-bond acceptors (Lipinski definition) is 5. The molecule has 0 radical (unpaired) electrons. The molecule has 1 aromatic carbocycles. The average Bonchev–Trinajstić information content (AvgIpc) is 3.24. The highest BCUT2D eigenvalue weighted by atomic mass is 79.9. The Morgan fingerprint density at radius 2 is 2.10 bits per heavy atom. The number of fused-ring (bicyclic) bond motifs is 1. The van der Waals surface area contributed by atoms with Crippen molar-refractivity contribution >= 4 is 27.9 Å². The molecule has 1 aliphatic carbocycles. The SMILES string of the molecule is CCC#CC[C@H](C)[C@H](O)/C(Br)=C\[C@H]1[C@H]2CC(=O)O[C@H]2C[C@H]1OC(=O)c1ccccc1. The van der Waals surface area contributed by atoms with Gasteiger partial charge in [0.25, 0.3) is 0 Å². The number of hydrogen-bond donors (Lipinski definition) is 1. The third-order valence-electron chi connectivity index (χ3n) is 5.72. The number of carbonyl (C=O) groups is 2. The molecule has 0 spiro atoms. The lowest BCUT2D eigenvalue weighted by atomic mass is 9.90. The first-order valence-corrected chi connectivity index (χ1v) is 11.2. The van der Waals surface area contributed by atoms with Gasteiger partial charge >= 0.3 is 11.9 Å². The zero-order valence-electron chi connectivity index (χ0n) is 17.2. The number of ether oxygens (including phenoxy) is 2. The summed E-state index contributed by atoms with van der Waals surface area (Å²) in [5, 5.41) is 10.7. The summed E-state index contributed by atoms with van der Waals surface area (Å²) >= 11 is 3.51. The summed E-state index contributed by atoms with van der Waals surface area (Å²) in [6.07, 6.45) is 2.61. The van der Waals surface area contributed by atoms with Crippen LogP contribution in [0.3, 0.4) is 0 Å². The molecule has 1 N–H and O–H groups in total. The molecule has 0 bridgehead atoms. The molecule has 0 aromatic heterocycles. The summed E-state index contributed by atoms with van der Waals surface area (Å²) in [5.74, 6) is 5.12. The standard InChI is InChI=1S/C24H27BrO5/c1-3-4-6-9-15(2)23(27)19(25)12-17-18-13-22(26)29-20(18)14-21(17)30-24(28)16-10-7-5-8-11-16/h5,7-8,10-12,15,17-18,20-21,23,27H,3,9,13-14H2,1-2H3/b19-12+/t15-,17-,18+,20-,21+,23-/m0/s1. The van der Waals surface area contributed by atoms with Crippen LogP contribution in [0.2, 0.25) is 0 Å². The van der Waals surface area contributed by atoms with Crippen molar-refractivity contribution in [1.82, 2.24) is 0 Å². The minimum absolute atomic E-state index is 0.0568. The molecule has 1 aliphatic heterocycles. The number of esters is 2. The Morgan fingerprint density at radius 1 is 1.37 bits per heavy atom. The van der Waals surface area contributed by atoms with Crippen molar-refractivity contribution in [3.05, 3.63) is 46.5 Å². The summed E-state index contributed by atoms with van der Waals surface area (Å²) in [6, 6.07) is 8.83. The van der Waals surface area contributed by atoms with Crippen molar-refractivity contribution in [1.29, 1.82) is 0 Å². The first-order chi connectivity index (χ1) is 14.4. The molecular formula is C24H27BrO5. The predicted octanol–water partition coefficient (Wildman–Crippen LogP) is 4.24. The van der Waals surface area contributed by atoms with Crippen molar-refractivity contribution in [3.63, 3.8) is 0 Å². The highest BCUT2D eigenvalue weighted by molar-refractivity contribution is 9.11. The van der Waals surface area contributed by atoms with E-state index in [2.05, 4.69) is 27.8 Å². The lowest BCUT2D eigenvalue weighted by molar-refractivity contribution is -0.141. The molecule has 6 atom stereocenters. The molecule has 1 saturated carbocycles. The smallest absolute Gasteiger partial charge is 0.338 e. The highest BCUT2D eigenvalue weighted by Crippen LogP contribution is 2.44. The van der Waals surface area contributed by atoms with Gasteiger partial charge in [-0.15, -0.1) is 11.8 Å². The second kappa shape index (κ2) is 10.3. The fourth-order valence-corrected chi connectivity index (χ4v) is 4.81. The molecule has 30 heavy (non-hydrogen) atoms. The average molecular weight is 475 g/mol. The van der Waals surface area contributed by atoms with Gasteiger partial charge in [-0.3, -0.25) is 4.79 Å². The van der Waals surface area contributed by atoms with Gasteiger partial charge in [0.05, 0.1) is 18.1 Å². The van der Waals surface area contributed by atoms with E-state index in [1.54, 1.807) is 24.3 Å². The largest absolute Gasteiger partial charge is 0.462 e. The summed E-state index contributed by atoms with van der Waals surface area (Å²) in [4.78, 5) is 24.4. The first kappa shape index (κ1) is 22.6. The maximum Gasteiger partial charge on any atom is 0.338 e. The van der Waals surface area contributed by atoms with Crippen LogP contribution in [-0.2, 0) is 14.3 Å². The van der Waals surface area contributed by atoms with Crippen molar-refractivity contribution in [2.75, 3.05) is 0 Å². The zero-order valence-corrected chi connectivity index (χ0v) is 18.8. The Kier molecular flexibility index (Phi) is 7.74. The third kappa shape index (κ3) is 5.33. The van der Waals surface area contributed by atoms with Crippen LogP contribution in [0.15, 0.2) is 40.9 Å². The molecular weight excluding hydrogens is 448 g/mol. The van der Waals surface area contributed by atoms with Gasteiger partial charge in [0.1, 0.15) is 12.2 Å². The Labute approximate surface area is 186 Å². The van der Waals surface area contributed by atoms with Crippen LogP contribution >= 0.6 is 15.9 Å². The van der Waals surface area contributed by atoms with E-state index in [0.717, 1.165) is 6.42 Å². The van der Waals surface area contributed by atoms with Crippen molar-refractivity contribution in [2.45, 2.75) is 57.8 Å². The number of benzene rings is 1. The van der Waals surface area contributed by atoms with Crippen molar-refractivity contribution < 1.29 is 24.2 Å². The van der Waals surface area contributed by atoms with Crippen molar-refractivity contribution in [2.24, 2.45) is 17.8 Å². The van der Waals surface area contributed by atoms with Gasteiger partial charge in [-0.25, -0.2) is 4.79 Å². The number of halogens is 1. The number of aliphatic hydroxyl groups is 1. The van der Waals surface area contributed by atoms with Gasteiger partial charge in [-0.1, -0.05) is 54.1 Å². The maximum atomic E-state index is 12.6. The quantitative estimate of drug-likeness (QED) is 0.492. The van der Waals surface area contributed by atoms with Crippen LogP contribution in [0.1, 0.15) is 49.9 Å². The molecule has 1 saturated heterocycles. The van der Waals surface area contributed by atoms with E-state index in [1.165, 1.54) is 0 Å². The monoisotopic (exact) mass is 474 g/mol. The predicted molar refractivity (Wildman–Crippen MR) is 117 cm³/mol. The summed E-state index contributed by atoms with van der Waals surface area (Å²) in [5.41, 5.74) is 0.483. The second-order valence-corrected chi connectivity index (χ2v) is 8.82. The molecule has 6 heteroatoms. The number of carbonyl (C=O) groups excluding carboxylic acids is 2. The molecule has 160 valence electrons. The van der Waals surface area contributed by atoms with Crippen LogP contribution < -0.4 is 0 Å². The lowest BCUT2D eigenvalue weighted by Crippen LogP contribution is -2.26. The van der Waals surface area contributed by atoms with Crippen LogP contribution in [0.4, 0.5) is 0 Å². The molecule has 0 unspecified atom stereocenters. The van der Waals surface area contributed by atoms with Crippen LogP contribution in [0.25, 0.3) is 0 Å². The van der Waals surface area contributed by atoms with E-state index in [9.17, 15) is 14.7 Å². The summed E-state index contributed by atoms with van der Waals surface area (Å²) < 4.78 is 11.9. The fourth-order valence-electron chi connectivity index (χ4n) is 4.06. The Bertz CT molecular complexity index is 853. The first-order valence-electron chi connectivity index (χ1n) is 10.4. The van der Waals surface area contributed by atoms with E-state index >= 15 is 0 Å². The molecule has 0 amide bonds. The van der Waals surface area contributed by atoms with Crippen LogP contribution in [-0.4, -0.2) is 35.4 Å². The fraction of sp³-hybridized carbons (Fsp3) is 0.500. The zero-order chi connectivity index (χ0) is 21.7. The van der Waals surface area contributed by atoms with Gasteiger partial charge in [0.2, 0.25) is 0 Å². The second-order valence-electron chi connectivity index (χ2n) is 7.90. The minimum Gasteiger partial charge on any atom is -0.462 e. The van der Waals surface area contributed by atoms with Gasteiger partial charge in [-0.2, -0.15) is 0 Å². The normalized spacial score (nSPS) is 27.5. The van der Waals surface area contributed by atoms with Gasteiger partial charge in [-0.05, 0) is 18.1 Å². The molecule has 3 rings (SSSR count). The molecule has 2 fully saturated rings. The van der Waals surface area contributed by atoms with Crippen LogP contribution in [0, 0.1) is 29.6 Å². The number of rotatable bonds is 6. The minimum atomic E-state index is -0.723. The van der Waals surface area contributed by atoms with Crippen molar-refractivity contribution in [3.8, 4) is 11.8 Å². The number of aliphatic hydroxyl groups excluding tert-OH is 1. The Hall–Kier alpha value is -2.10. The third-order valence-corrected chi connectivity index (χ3v) is 6.45. The Morgan fingerprint density at radius 3 is 2.80 bits per heavy atom. The maximum absolute atomic E-state index is 12.6. The van der Waals surface area contributed by atoms with E-state index in [1.807, 2.05) is 26.0 Å². The summed E-state index contributed by atoms with van der Waals surface area (Å²) in [7, 11) is 0. The van der Waals surface area contributed by atoms with Gasteiger partial charge in [0, 0.05) is 35.6 Å². The van der Waals surface area contributed by atoms with Crippen LogP contribution in [0.5, 0.6) is 0 Å². The van der Waals surface area contributed by atoms with Gasteiger partial charge < -0.3 is 14.6 Å². The van der Waals surface area contributed by atoms with Gasteiger partial charge in [0.15, 0.2) is 0 Å². The summed E-state index contributed by atoms with van der Waals surface area (Å²) in [6.45, 7) is 3.93. The molecule has 5 nitrogen and oxygen atoms in total. The molecule has 1 aromatic rings.